The molecule has 1 N–H and O–H groups in total. The quantitative estimate of drug-likeness (QED) is 0.479. The lowest BCUT2D eigenvalue weighted by atomic mass is 9.69. The van der Waals surface area contributed by atoms with Crippen molar-refractivity contribution in [2.24, 2.45) is 23.7 Å². The van der Waals surface area contributed by atoms with Crippen LogP contribution in [0.2, 0.25) is 0 Å². The Bertz CT molecular complexity index is 244. The third-order valence-corrected chi connectivity index (χ3v) is 4.89. The van der Waals surface area contributed by atoms with Crippen LogP contribution in [-0.2, 0) is 0 Å². The molecule has 3 atom stereocenters. The first-order valence-corrected chi connectivity index (χ1v) is 8.38. The molecule has 0 aromatic heterocycles. The summed E-state index contributed by atoms with van der Waals surface area (Å²) in [4.78, 5) is 0. The Balaban J connectivity index is 2.48. The third kappa shape index (κ3) is 6.12. The first-order chi connectivity index (χ1) is 9.04. The number of unbranched alkanes of at least 4 members (excludes halogenated alkanes) is 1. The molecule has 3 unspecified atom stereocenters. The molecule has 0 radical (unpaired) electrons. The first kappa shape index (κ1) is 16.8. The van der Waals surface area contributed by atoms with E-state index in [9.17, 15) is 0 Å². The van der Waals surface area contributed by atoms with Crippen molar-refractivity contribution in [3.63, 3.8) is 0 Å². The van der Waals surface area contributed by atoms with E-state index in [1.807, 2.05) is 0 Å². The van der Waals surface area contributed by atoms with Gasteiger partial charge < -0.3 is 5.32 Å². The van der Waals surface area contributed by atoms with Gasteiger partial charge in [-0.2, -0.15) is 0 Å². The van der Waals surface area contributed by atoms with Crippen molar-refractivity contribution in [2.75, 3.05) is 6.54 Å². The molecule has 0 bridgehead atoms. The average Bonchev–Trinajstić information content (AvgIpc) is 2.37. The maximum absolute atomic E-state index is 3.85. The fourth-order valence-corrected chi connectivity index (χ4v) is 3.50. The number of rotatable bonds is 8. The Kier molecular flexibility index (Phi) is 7.75. The van der Waals surface area contributed by atoms with E-state index in [0.29, 0.717) is 6.04 Å². The number of hydrogen-bond donors (Lipinski definition) is 1. The second kappa shape index (κ2) is 8.79. The smallest absolute Gasteiger partial charge is 0.00104 e. The van der Waals surface area contributed by atoms with Crippen LogP contribution in [-0.4, -0.2) is 12.6 Å². The lowest BCUT2D eigenvalue weighted by Gasteiger charge is -2.38. The van der Waals surface area contributed by atoms with E-state index in [-0.39, 0.29) is 0 Å². The summed E-state index contributed by atoms with van der Waals surface area (Å²) in [5, 5.41) is 3.66. The summed E-state index contributed by atoms with van der Waals surface area (Å²) in [7, 11) is 0. The van der Waals surface area contributed by atoms with Crippen LogP contribution in [0.25, 0.3) is 0 Å². The van der Waals surface area contributed by atoms with Crippen molar-refractivity contribution in [3.8, 4) is 0 Å². The number of nitrogens with one attached hydrogen (secondary N) is 1. The van der Waals surface area contributed by atoms with E-state index in [4.69, 9.17) is 0 Å². The molecule has 1 fully saturated rings. The van der Waals surface area contributed by atoms with Gasteiger partial charge in [0.05, 0.1) is 0 Å². The van der Waals surface area contributed by atoms with Crippen LogP contribution in [0.3, 0.4) is 0 Å². The van der Waals surface area contributed by atoms with Gasteiger partial charge in [0.1, 0.15) is 0 Å². The predicted molar refractivity (Wildman–Crippen MR) is 86.3 cm³/mol. The Morgan fingerprint density at radius 1 is 1.16 bits per heavy atom. The van der Waals surface area contributed by atoms with E-state index in [1.165, 1.54) is 45.1 Å². The van der Waals surface area contributed by atoms with Crippen LogP contribution < -0.4 is 5.32 Å². The van der Waals surface area contributed by atoms with Gasteiger partial charge in [-0.15, -0.1) is 6.58 Å². The summed E-state index contributed by atoms with van der Waals surface area (Å²) in [5.41, 5.74) is 0. The number of allylic oxidation sites excluding steroid dienone is 1. The minimum absolute atomic E-state index is 0.622. The SMILES string of the molecule is C=CCCCC1CC(C(C)C)CCC1CNC(C)C. The molecule has 0 saturated heterocycles. The van der Waals surface area contributed by atoms with Crippen molar-refractivity contribution < 1.29 is 0 Å². The number of hydrogen-bond acceptors (Lipinski definition) is 1. The predicted octanol–water partition coefficient (Wildman–Crippen LogP) is 5.03. The van der Waals surface area contributed by atoms with Crippen molar-refractivity contribution in [1.29, 1.82) is 0 Å². The normalized spacial score (nSPS) is 28.0. The molecule has 1 aliphatic rings. The van der Waals surface area contributed by atoms with Gasteiger partial charge in [-0.3, -0.25) is 0 Å². The van der Waals surface area contributed by atoms with Gasteiger partial charge in [0.15, 0.2) is 0 Å². The minimum Gasteiger partial charge on any atom is -0.314 e. The van der Waals surface area contributed by atoms with Gasteiger partial charge in [-0.1, -0.05) is 33.8 Å². The average molecular weight is 265 g/mol. The van der Waals surface area contributed by atoms with Crippen molar-refractivity contribution in [2.45, 2.75) is 72.3 Å². The van der Waals surface area contributed by atoms with Gasteiger partial charge in [-0.25, -0.2) is 0 Å². The molecule has 1 heteroatoms. The molecular formula is C18H35N. The molecule has 0 aromatic carbocycles. The van der Waals surface area contributed by atoms with Gasteiger partial charge in [0.2, 0.25) is 0 Å². The Hall–Kier alpha value is -0.300. The summed E-state index contributed by atoms with van der Waals surface area (Å²) in [6.45, 7) is 14.4. The van der Waals surface area contributed by atoms with Gasteiger partial charge >= 0.3 is 0 Å². The lowest BCUT2D eigenvalue weighted by Crippen LogP contribution is -2.36. The molecule has 0 spiro atoms. The highest BCUT2D eigenvalue weighted by Gasteiger charge is 2.31. The Labute approximate surface area is 121 Å². The first-order valence-electron chi connectivity index (χ1n) is 8.38. The van der Waals surface area contributed by atoms with Crippen LogP contribution in [0, 0.1) is 23.7 Å². The zero-order chi connectivity index (χ0) is 14.3. The second-order valence-electron chi connectivity index (χ2n) is 7.12. The van der Waals surface area contributed by atoms with E-state index in [2.05, 4.69) is 45.7 Å². The van der Waals surface area contributed by atoms with Gasteiger partial charge in [0.25, 0.3) is 0 Å². The highest BCUT2D eigenvalue weighted by molar-refractivity contribution is 4.83. The third-order valence-electron chi connectivity index (χ3n) is 4.89. The zero-order valence-corrected chi connectivity index (χ0v) is 13.6. The standard InChI is InChI=1S/C18H35N/c1-6-7-8-9-17-12-16(14(2)3)10-11-18(17)13-19-15(4)5/h6,14-19H,1,7-13H2,2-5H3. The summed E-state index contributed by atoms with van der Waals surface area (Å²) in [6, 6.07) is 0.622. The molecule has 0 aliphatic heterocycles. The fraction of sp³-hybridized carbons (Fsp3) is 0.889. The molecular weight excluding hydrogens is 230 g/mol. The zero-order valence-electron chi connectivity index (χ0n) is 13.6. The van der Waals surface area contributed by atoms with Gasteiger partial charge in [-0.05, 0) is 68.7 Å². The van der Waals surface area contributed by atoms with E-state index < -0.39 is 0 Å². The van der Waals surface area contributed by atoms with Crippen molar-refractivity contribution >= 4 is 0 Å². The summed E-state index contributed by atoms with van der Waals surface area (Å²) >= 11 is 0. The molecule has 0 heterocycles. The summed E-state index contributed by atoms with van der Waals surface area (Å²) in [6.07, 6.45) is 10.3. The molecule has 1 nitrogen and oxygen atoms in total. The van der Waals surface area contributed by atoms with E-state index in [0.717, 1.165) is 23.7 Å². The van der Waals surface area contributed by atoms with Crippen LogP contribution >= 0.6 is 0 Å². The highest BCUT2D eigenvalue weighted by atomic mass is 14.9. The maximum atomic E-state index is 3.85. The fourth-order valence-electron chi connectivity index (χ4n) is 3.50. The topological polar surface area (TPSA) is 12.0 Å². The molecule has 0 aromatic rings. The van der Waals surface area contributed by atoms with Crippen LogP contribution in [0.5, 0.6) is 0 Å². The van der Waals surface area contributed by atoms with Gasteiger partial charge in [0, 0.05) is 6.04 Å². The molecule has 1 rings (SSSR count). The highest BCUT2D eigenvalue weighted by Crippen LogP contribution is 2.39. The van der Waals surface area contributed by atoms with Crippen LogP contribution in [0.1, 0.15) is 66.2 Å². The van der Waals surface area contributed by atoms with Crippen molar-refractivity contribution in [1.82, 2.24) is 5.32 Å². The lowest BCUT2D eigenvalue weighted by molar-refractivity contribution is 0.134. The molecule has 19 heavy (non-hydrogen) atoms. The largest absolute Gasteiger partial charge is 0.314 e. The molecule has 0 amide bonds. The van der Waals surface area contributed by atoms with E-state index >= 15 is 0 Å². The summed E-state index contributed by atoms with van der Waals surface area (Å²) < 4.78 is 0. The molecule has 1 aliphatic carbocycles. The van der Waals surface area contributed by atoms with Crippen molar-refractivity contribution in [3.05, 3.63) is 12.7 Å². The molecule has 112 valence electrons. The van der Waals surface area contributed by atoms with Crippen LogP contribution in [0.15, 0.2) is 12.7 Å². The minimum atomic E-state index is 0.622. The van der Waals surface area contributed by atoms with E-state index in [1.54, 1.807) is 0 Å². The maximum Gasteiger partial charge on any atom is 0.00104 e. The molecule has 1 saturated carbocycles. The van der Waals surface area contributed by atoms with Crippen LogP contribution in [0.4, 0.5) is 0 Å². The Morgan fingerprint density at radius 2 is 1.89 bits per heavy atom. The monoisotopic (exact) mass is 265 g/mol. The Morgan fingerprint density at radius 3 is 2.47 bits per heavy atom. The second-order valence-corrected chi connectivity index (χ2v) is 7.12. The summed E-state index contributed by atoms with van der Waals surface area (Å²) in [5.74, 6) is 3.67.